The Balaban J connectivity index is 2.03. The predicted molar refractivity (Wildman–Crippen MR) is 59.2 cm³/mol. The minimum Gasteiger partial charge on any atom is -0.420 e. The van der Waals surface area contributed by atoms with E-state index in [0.717, 1.165) is 5.92 Å². The molecule has 0 aromatic heterocycles. The molecule has 0 N–H and O–H groups in total. The van der Waals surface area contributed by atoms with Crippen LogP contribution in [0.2, 0.25) is 12.1 Å². The largest absolute Gasteiger partial charge is 0.420 e. The van der Waals surface area contributed by atoms with Gasteiger partial charge in [-0.3, -0.25) is 0 Å². The first kappa shape index (κ1) is 11.3. The van der Waals surface area contributed by atoms with Gasteiger partial charge in [-0.25, -0.2) is 0 Å². The molecule has 13 heavy (non-hydrogen) atoms. The maximum Gasteiger partial charge on any atom is 0.210 e. The fraction of sp³-hybridized carbons (Fsp3) is 1.00. The minimum atomic E-state index is -0.350. The van der Waals surface area contributed by atoms with Crippen molar-refractivity contribution in [3.63, 3.8) is 0 Å². The molecule has 0 atom stereocenters. The summed E-state index contributed by atoms with van der Waals surface area (Å²) < 4.78 is 5.47. The van der Waals surface area contributed by atoms with E-state index in [2.05, 4.69) is 6.92 Å². The molecular weight excluding hydrogens is 176 g/mol. The Labute approximate surface area is 84.6 Å². The molecule has 1 rings (SSSR count). The molecule has 0 amide bonds. The van der Waals surface area contributed by atoms with E-state index in [1.807, 2.05) is 7.11 Å². The Morgan fingerprint density at radius 1 is 1.23 bits per heavy atom. The normalized spacial score (nSPS) is 20.8. The quantitative estimate of drug-likeness (QED) is 0.485. The minimum absolute atomic E-state index is 0.350. The average Bonchev–Trinajstić information content (AvgIpc) is 2.19. The van der Waals surface area contributed by atoms with Crippen molar-refractivity contribution in [1.82, 2.24) is 0 Å². The van der Waals surface area contributed by atoms with Gasteiger partial charge in [-0.15, -0.1) is 0 Å². The van der Waals surface area contributed by atoms with Crippen molar-refractivity contribution >= 4 is 9.04 Å². The highest BCUT2D eigenvalue weighted by atomic mass is 28.3. The second-order valence-corrected chi connectivity index (χ2v) is 6.67. The SMILES string of the molecule is CCCCCC1CC[Si](OC)CC1. The number of rotatable bonds is 5. The van der Waals surface area contributed by atoms with E-state index in [1.54, 1.807) is 0 Å². The van der Waals surface area contributed by atoms with Gasteiger partial charge in [0.2, 0.25) is 9.04 Å². The van der Waals surface area contributed by atoms with E-state index in [4.69, 9.17) is 4.43 Å². The molecule has 0 aromatic rings. The van der Waals surface area contributed by atoms with Crippen LogP contribution in [-0.2, 0) is 4.43 Å². The summed E-state index contributed by atoms with van der Waals surface area (Å²) in [4.78, 5) is 0. The Kier molecular flexibility index (Phi) is 5.72. The fourth-order valence-corrected chi connectivity index (χ4v) is 4.29. The Morgan fingerprint density at radius 3 is 2.46 bits per heavy atom. The number of hydrogen-bond acceptors (Lipinski definition) is 1. The van der Waals surface area contributed by atoms with E-state index >= 15 is 0 Å². The van der Waals surface area contributed by atoms with Crippen LogP contribution < -0.4 is 0 Å². The van der Waals surface area contributed by atoms with Crippen molar-refractivity contribution < 1.29 is 4.43 Å². The summed E-state index contributed by atoms with van der Waals surface area (Å²) in [6, 6.07) is 2.80. The van der Waals surface area contributed by atoms with Gasteiger partial charge >= 0.3 is 0 Å². The van der Waals surface area contributed by atoms with Gasteiger partial charge in [0.1, 0.15) is 0 Å². The van der Waals surface area contributed by atoms with Crippen LogP contribution in [0, 0.1) is 5.92 Å². The second-order valence-electron chi connectivity index (χ2n) is 4.18. The maximum atomic E-state index is 5.47. The monoisotopic (exact) mass is 199 g/mol. The highest BCUT2D eigenvalue weighted by Gasteiger charge is 2.22. The van der Waals surface area contributed by atoms with Crippen LogP contribution in [0.5, 0.6) is 0 Å². The molecule has 0 aromatic carbocycles. The van der Waals surface area contributed by atoms with Crippen LogP contribution in [0.1, 0.15) is 45.4 Å². The molecule has 1 fully saturated rings. The topological polar surface area (TPSA) is 9.23 Å². The molecule has 1 aliphatic heterocycles. The molecule has 2 heteroatoms. The molecule has 1 aliphatic rings. The Morgan fingerprint density at radius 2 is 1.92 bits per heavy atom. The summed E-state index contributed by atoms with van der Waals surface area (Å²) in [5, 5.41) is 0. The van der Waals surface area contributed by atoms with Crippen LogP contribution in [0.25, 0.3) is 0 Å². The summed E-state index contributed by atoms with van der Waals surface area (Å²) in [7, 11) is 1.54. The summed E-state index contributed by atoms with van der Waals surface area (Å²) in [5.41, 5.74) is 0. The van der Waals surface area contributed by atoms with E-state index in [-0.39, 0.29) is 9.04 Å². The molecule has 1 heterocycles. The fourth-order valence-electron chi connectivity index (χ4n) is 2.18. The summed E-state index contributed by atoms with van der Waals surface area (Å²) >= 11 is 0. The lowest BCUT2D eigenvalue weighted by molar-refractivity contribution is 0.360. The van der Waals surface area contributed by atoms with Gasteiger partial charge in [-0.05, 0) is 18.0 Å². The first-order valence-corrected chi connectivity index (χ1v) is 7.57. The van der Waals surface area contributed by atoms with Gasteiger partial charge < -0.3 is 4.43 Å². The summed E-state index contributed by atoms with van der Waals surface area (Å²) in [5.74, 6) is 1.04. The van der Waals surface area contributed by atoms with Crippen LogP contribution >= 0.6 is 0 Å². The van der Waals surface area contributed by atoms with Gasteiger partial charge in [0.15, 0.2) is 0 Å². The van der Waals surface area contributed by atoms with Gasteiger partial charge in [0, 0.05) is 7.11 Å². The Bertz CT molecular complexity index is 117. The van der Waals surface area contributed by atoms with E-state index in [1.165, 1.54) is 50.6 Å². The second kappa shape index (κ2) is 6.60. The number of unbranched alkanes of at least 4 members (excludes halogenated alkanes) is 2. The van der Waals surface area contributed by atoms with Crippen molar-refractivity contribution in [2.24, 2.45) is 5.92 Å². The van der Waals surface area contributed by atoms with Crippen molar-refractivity contribution in [2.45, 2.75) is 57.5 Å². The van der Waals surface area contributed by atoms with Gasteiger partial charge in [0.05, 0.1) is 0 Å². The third-order valence-electron chi connectivity index (χ3n) is 3.17. The van der Waals surface area contributed by atoms with Crippen LogP contribution in [0.4, 0.5) is 0 Å². The highest BCUT2D eigenvalue weighted by Crippen LogP contribution is 2.29. The first-order chi connectivity index (χ1) is 6.36. The summed E-state index contributed by atoms with van der Waals surface area (Å²) in [6.45, 7) is 2.28. The van der Waals surface area contributed by atoms with Crippen LogP contribution in [0.15, 0.2) is 0 Å². The van der Waals surface area contributed by atoms with E-state index in [9.17, 15) is 0 Å². The van der Waals surface area contributed by atoms with Crippen molar-refractivity contribution in [3.8, 4) is 0 Å². The van der Waals surface area contributed by atoms with E-state index in [0.29, 0.717) is 0 Å². The lowest BCUT2D eigenvalue weighted by Gasteiger charge is -2.25. The van der Waals surface area contributed by atoms with Crippen molar-refractivity contribution in [3.05, 3.63) is 0 Å². The van der Waals surface area contributed by atoms with Gasteiger partial charge in [0.25, 0.3) is 0 Å². The van der Waals surface area contributed by atoms with Crippen molar-refractivity contribution in [2.75, 3.05) is 7.11 Å². The lowest BCUT2D eigenvalue weighted by atomic mass is 9.96. The van der Waals surface area contributed by atoms with Crippen molar-refractivity contribution in [1.29, 1.82) is 0 Å². The van der Waals surface area contributed by atoms with Gasteiger partial charge in [-0.1, -0.05) is 45.4 Å². The zero-order valence-electron chi connectivity index (χ0n) is 9.14. The molecule has 77 valence electrons. The molecule has 0 spiro atoms. The Hall–Kier alpha value is 0.177. The molecule has 1 saturated heterocycles. The zero-order valence-corrected chi connectivity index (χ0v) is 10.1. The lowest BCUT2D eigenvalue weighted by Crippen LogP contribution is -2.23. The molecule has 1 radical (unpaired) electrons. The smallest absolute Gasteiger partial charge is 0.210 e. The standard InChI is InChI=1S/C11H23OSi/c1-3-4-5-6-11-7-9-13(12-2)10-8-11/h11H,3-10H2,1-2H3. The number of hydrogen-bond donors (Lipinski definition) is 0. The summed E-state index contributed by atoms with van der Waals surface area (Å²) in [6.07, 6.45) is 8.62. The predicted octanol–water partition coefficient (Wildman–Crippen LogP) is 3.61. The third-order valence-corrected chi connectivity index (χ3v) is 5.44. The molecule has 0 bridgehead atoms. The van der Waals surface area contributed by atoms with Crippen LogP contribution in [-0.4, -0.2) is 16.2 Å². The first-order valence-electron chi connectivity index (χ1n) is 5.75. The third kappa shape index (κ3) is 4.27. The zero-order chi connectivity index (χ0) is 9.52. The maximum absolute atomic E-state index is 5.47. The van der Waals surface area contributed by atoms with Crippen LogP contribution in [0.3, 0.4) is 0 Å². The molecule has 0 aliphatic carbocycles. The molecule has 0 unspecified atom stereocenters. The highest BCUT2D eigenvalue weighted by molar-refractivity contribution is 6.51. The molecule has 0 saturated carbocycles. The van der Waals surface area contributed by atoms with Gasteiger partial charge in [-0.2, -0.15) is 0 Å². The molecule has 1 nitrogen and oxygen atoms in total. The van der Waals surface area contributed by atoms with E-state index < -0.39 is 0 Å². The molecular formula is C11H23OSi. The average molecular weight is 199 g/mol.